The minimum Gasteiger partial charge on any atom is -0.481 e. The molecule has 0 spiro atoms. The Hall–Kier alpha value is -2.82. The molecule has 2 aliphatic carbocycles. The van der Waals surface area contributed by atoms with Crippen molar-refractivity contribution < 1.29 is 19.4 Å². The van der Waals surface area contributed by atoms with E-state index in [4.69, 9.17) is 4.74 Å². The zero-order valence-electron chi connectivity index (χ0n) is 14.2. The lowest BCUT2D eigenvalue weighted by Gasteiger charge is -2.21. The number of hydrogen-bond acceptors (Lipinski definition) is 3. The molecule has 5 heteroatoms. The maximum absolute atomic E-state index is 12.5. The Labute approximate surface area is 151 Å². The summed E-state index contributed by atoms with van der Waals surface area (Å²) in [6.07, 6.45) is 0.370. The lowest BCUT2D eigenvalue weighted by atomic mass is 9.98. The Morgan fingerprint density at radius 2 is 1.65 bits per heavy atom. The minimum atomic E-state index is -0.809. The molecule has 1 amide bonds. The summed E-state index contributed by atoms with van der Waals surface area (Å²) >= 11 is 0. The third-order valence-corrected chi connectivity index (χ3v) is 6.05. The number of carbonyl (C=O) groups excluding carboxylic acids is 1. The van der Waals surface area contributed by atoms with Crippen LogP contribution in [0.15, 0.2) is 48.5 Å². The Balaban J connectivity index is 1.33. The van der Waals surface area contributed by atoms with Gasteiger partial charge < -0.3 is 14.7 Å². The second-order valence-corrected chi connectivity index (χ2v) is 7.30. The van der Waals surface area contributed by atoms with E-state index >= 15 is 0 Å². The van der Waals surface area contributed by atoms with Gasteiger partial charge in [-0.05, 0) is 34.6 Å². The van der Waals surface area contributed by atoms with E-state index in [0.29, 0.717) is 6.54 Å². The highest BCUT2D eigenvalue weighted by Gasteiger charge is 2.63. The molecule has 26 heavy (non-hydrogen) atoms. The Kier molecular flexibility index (Phi) is 3.32. The maximum atomic E-state index is 12.5. The van der Waals surface area contributed by atoms with Gasteiger partial charge in [0.1, 0.15) is 6.61 Å². The molecule has 1 saturated carbocycles. The van der Waals surface area contributed by atoms with Gasteiger partial charge in [-0.25, -0.2) is 4.79 Å². The number of carboxylic acid groups (broad SMARTS) is 1. The summed E-state index contributed by atoms with van der Waals surface area (Å²) in [5.74, 6) is -1.09. The van der Waals surface area contributed by atoms with Crippen LogP contribution in [-0.2, 0) is 9.53 Å². The number of fused-ring (bicyclic) bond motifs is 4. The number of ether oxygens (including phenoxy) is 1. The third kappa shape index (κ3) is 2.16. The van der Waals surface area contributed by atoms with Crippen LogP contribution >= 0.6 is 0 Å². The summed E-state index contributed by atoms with van der Waals surface area (Å²) in [6.45, 7) is 0.869. The van der Waals surface area contributed by atoms with Crippen molar-refractivity contribution in [3.63, 3.8) is 0 Å². The fourth-order valence-corrected chi connectivity index (χ4v) is 4.79. The van der Waals surface area contributed by atoms with E-state index < -0.39 is 11.9 Å². The van der Waals surface area contributed by atoms with Crippen molar-refractivity contribution in [3.05, 3.63) is 59.7 Å². The predicted molar refractivity (Wildman–Crippen MR) is 94.8 cm³/mol. The van der Waals surface area contributed by atoms with E-state index in [1.54, 1.807) is 4.90 Å². The van der Waals surface area contributed by atoms with Crippen LogP contribution in [0.4, 0.5) is 4.79 Å². The maximum Gasteiger partial charge on any atom is 0.410 e. The number of piperidine rings is 1. The molecule has 2 fully saturated rings. The highest BCUT2D eigenvalue weighted by molar-refractivity contribution is 5.80. The van der Waals surface area contributed by atoms with Crippen LogP contribution in [0.1, 0.15) is 23.5 Å². The van der Waals surface area contributed by atoms with Crippen molar-refractivity contribution >= 4 is 12.1 Å². The van der Waals surface area contributed by atoms with Crippen molar-refractivity contribution in [1.29, 1.82) is 0 Å². The number of carboxylic acids is 1. The lowest BCUT2D eigenvalue weighted by Crippen LogP contribution is -2.34. The predicted octanol–water partition coefficient (Wildman–Crippen LogP) is 3.34. The highest BCUT2D eigenvalue weighted by atomic mass is 16.6. The number of nitrogens with zero attached hydrogens (tertiary/aromatic N) is 1. The molecule has 132 valence electrons. The van der Waals surface area contributed by atoms with E-state index in [9.17, 15) is 14.7 Å². The van der Waals surface area contributed by atoms with Gasteiger partial charge in [0, 0.05) is 12.5 Å². The van der Waals surface area contributed by atoms with Crippen LogP contribution in [0.25, 0.3) is 11.1 Å². The number of amides is 1. The second-order valence-electron chi connectivity index (χ2n) is 7.30. The van der Waals surface area contributed by atoms with Crippen molar-refractivity contribution in [1.82, 2.24) is 4.90 Å². The van der Waals surface area contributed by atoms with E-state index in [0.717, 1.165) is 6.42 Å². The fraction of sp³-hybridized carbons (Fsp3) is 0.333. The number of benzene rings is 2. The van der Waals surface area contributed by atoms with Gasteiger partial charge in [0.15, 0.2) is 0 Å². The molecule has 0 bridgehead atoms. The molecule has 1 N–H and O–H groups in total. The molecule has 3 atom stereocenters. The molecule has 1 saturated heterocycles. The summed E-state index contributed by atoms with van der Waals surface area (Å²) in [4.78, 5) is 25.4. The largest absolute Gasteiger partial charge is 0.481 e. The van der Waals surface area contributed by atoms with E-state index in [-0.39, 0.29) is 30.6 Å². The topological polar surface area (TPSA) is 66.8 Å². The molecule has 0 aromatic heterocycles. The van der Waals surface area contributed by atoms with Crippen LogP contribution in [0.5, 0.6) is 0 Å². The van der Waals surface area contributed by atoms with Crippen LogP contribution in [-0.4, -0.2) is 41.3 Å². The van der Waals surface area contributed by atoms with Crippen molar-refractivity contribution in [2.45, 2.75) is 18.4 Å². The summed E-state index contributed by atoms with van der Waals surface area (Å²) in [5.41, 5.74) is 4.74. The average Bonchev–Trinajstić information content (AvgIpc) is 3.07. The first-order chi connectivity index (χ1) is 12.7. The number of aliphatic carboxylic acids is 1. The second kappa shape index (κ2) is 5.59. The average molecular weight is 349 g/mol. The van der Waals surface area contributed by atoms with Gasteiger partial charge in [0.05, 0.1) is 12.0 Å². The van der Waals surface area contributed by atoms with Crippen LogP contribution in [0.2, 0.25) is 0 Å². The molecular formula is C21H19NO4. The van der Waals surface area contributed by atoms with Gasteiger partial charge >= 0.3 is 12.1 Å². The highest BCUT2D eigenvalue weighted by Crippen LogP contribution is 2.51. The first kappa shape index (κ1) is 15.4. The van der Waals surface area contributed by atoms with Crippen LogP contribution in [0, 0.1) is 11.8 Å². The number of rotatable bonds is 3. The summed E-state index contributed by atoms with van der Waals surface area (Å²) in [5, 5.41) is 9.20. The summed E-state index contributed by atoms with van der Waals surface area (Å²) < 4.78 is 5.64. The monoisotopic (exact) mass is 349 g/mol. The van der Waals surface area contributed by atoms with Crippen molar-refractivity contribution in [2.75, 3.05) is 13.2 Å². The van der Waals surface area contributed by atoms with Crippen LogP contribution in [0.3, 0.4) is 0 Å². The van der Waals surface area contributed by atoms with Gasteiger partial charge in [-0.3, -0.25) is 4.79 Å². The Morgan fingerprint density at radius 1 is 1.04 bits per heavy atom. The van der Waals surface area contributed by atoms with E-state index in [1.807, 2.05) is 24.3 Å². The van der Waals surface area contributed by atoms with Crippen molar-refractivity contribution in [3.8, 4) is 11.1 Å². The van der Waals surface area contributed by atoms with E-state index in [1.165, 1.54) is 22.3 Å². The standard InChI is InChI=1S/C21H19NO4/c23-20(24)18-16-9-10-22(19(16)18)21(25)26-11-17-14-7-3-1-5-12(14)13-6-2-4-8-15(13)17/h1-8,16-19H,9-11H2,(H,23,24). The Morgan fingerprint density at radius 3 is 2.23 bits per heavy atom. The zero-order chi connectivity index (χ0) is 17.8. The number of likely N-dealkylation sites (tertiary alicyclic amines) is 1. The number of carbonyl (C=O) groups is 2. The smallest absolute Gasteiger partial charge is 0.410 e. The molecule has 2 aromatic rings. The van der Waals surface area contributed by atoms with Gasteiger partial charge in [-0.15, -0.1) is 0 Å². The molecule has 3 unspecified atom stereocenters. The number of hydrogen-bond donors (Lipinski definition) is 1. The van der Waals surface area contributed by atoms with Gasteiger partial charge in [-0.1, -0.05) is 48.5 Å². The normalized spacial score (nSPS) is 25.4. The Bertz CT molecular complexity index is 863. The van der Waals surface area contributed by atoms with E-state index in [2.05, 4.69) is 24.3 Å². The fourth-order valence-electron chi connectivity index (χ4n) is 4.79. The summed E-state index contributed by atoms with van der Waals surface area (Å²) in [7, 11) is 0. The van der Waals surface area contributed by atoms with Crippen molar-refractivity contribution in [2.24, 2.45) is 11.8 Å². The zero-order valence-corrected chi connectivity index (χ0v) is 14.2. The third-order valence-electron chi connectivity index (χ3n) is 6.05. The molecule has 1 heterocycles. The quantitative estimate of drug-likeness (QED) is 0.923. The van der Waals surface area contributed by atoms with Crippen LogP contribution < -0.4 is 0 Å². The molecular weight excluding hydrogens is 330 g/mol. The molecule has 3 aliphatic rings. The van der Waals surface area contributed by atoms with Gasteiger partial charge in [-0.2, -0.15) is 0 Å². The molecule has 2 aromatic carbocycles. The molecule has 0 radical (unpaired) electrons. The first-order valence-corrected chi connectivity index (χ1v) is 9.01. The molecule has 5 nitrogen and oxygen atoms in total. The summed E-state index contributed by atoms with van der Waals surface area (Å²) in [6, 6.07) is 16.2. The van der Waals surface area contributed by atoms with Gasteiger partial charge in [0.25, 0.3) is 0 Å². The van der Waals surface area contributed by atoms with Gasteiger partial charge in [0.2, 0.25) is 0 Å². The molecule has 5 rings (SSSR count). The first-order valence-electron chi connectivity index (χ1n) is 9.01. The molecule has 1 aliphatic heterocycles. The minimum absolute atomic E-state index is 0.0271. The SMILES string of the molecule is O=C(O)C1C2CCN(C(=O)OCC3c4ccccc4-c4ccccc43)C21. The lowest BCUT2D eigenvalue weighted by molar-refractivity contribution is -0.139.